The highest BCUT2D eigenvalue weighted by molar-refractivity contribution is 6.33. The summed E-state index contributed by atoms with van der Waals surface area (Å²) in [6, 6.07) is 5.80. The first-order valence-electron chi connectivity index (χ1n) is 5.83. The van der Waals surface area contributed by atoms with Crippen LogP contribution in [0.15, 0.2) is 18.2 Å². The summed E-state index contributed by atoms with van der Waals surface area (Å²) in [5.41, 5.74) is 6.77. The van der Waals surface area contributed by atoms with E-state index in [1.165, 1.54) is 0 Å². The van der Waals surface area contributed by atoms with E-state index in [1.807, 2.05) is 25.1 Å². The van der Waals surface area contributed by atoms with E-state index in [0.29, 0.717) is 18.1 Å². The molecule has 1 rings (SSSR count). The van der Waals surface area contributed by atoms with Crippen LogP contribution in [-0.2, 0) is 6.54 Å². The van der Waals surface area contributed by atoms with Crippen molar-refractivity contribution in [3.63, 3.8) is 0 Å². The largest absolute Gasteiger partial charge is 0.389 e. The Kier molecular flexibility index (Phi) is 4.80. The lowest BCUT2D eigenvalue weighted by atomic mass is 10.1. The maximum atomic E-state index is 9.87. The third-order valence-electron chi connectivity index (χ3n) is 2.55. The minimum Gasteiger partial charge on any atom is -0.389 e. The van der Waals surface area contributed by atoms with Gasteiger partial charge in [-0.2, -0.15) is 0 Å². The van der Waals surface area contributed by atoms with Crippen LogP contribution in [0.5, 0.6) is 0 Å². The van der Waals surface area contributed by atoms with Gasteiger partial charge in [0, 0.05) is 19.6 Å². The molecule has 0 aliphatic heterocycles. The summed E-state index contributed by atoms with van der Waals surface area (Å²) in [4.78, 5) is 2.06. The molecule has 0 radical (unpaired) electrons. The topological polar surface area (TPSA) is 49.5 Å². The van der Waals surface area contributed by atoms with Gasteiger partial charge in [-0.05, 0) is 38.5 Å². The molecule has 0 amide bonds. The van der Waals surface area contributed by atoms with E-state index >= 15 is 0 Å². The molecule has 3 N–H and O–H groups in total. The van der Waals surface area contributed by atoms with Crippen molar-refractivity contribution in [3.8, 4) is 0 Å². The Balaban J connectivity index is 2.96. The molecular weight excluding hydrogens is 236 g/mol. The zero-order valence-corrected chi connectivity index (χ0v) is 11.5. The van der Waals surface area contributed by atoms with Crippen LogP contribution in [-0.4, -0.2) is 23.8 Å². The van der Waals surface area contributed by atoms with Crippen LogP contribution < -0.4 is 10.6 Å². The van der Waals surface area contributed by atoms with Crippen LogP contribution in [0.25, 0.3) is 0 Å². The van der Waals surface area contributed by atoms with Crippen molar-refractivity contribution in [3.05, 3.63) is 28.8 Å². The molecule has 1 aromatic carbocycles. The maximum absolute atomic E-state index is 9.87. The monoisotopic (exact) mass is 256 g/mol. The van der Waals surface area contributed by atoms with Gasteiger partial charge in [0.1, 0.15) is 0 Å². The molecular formula is C13H21ClN2O. The second-order valence-electron chi connectivity index (χ2n) is 4.82. The molecule has 0 unspecified atom stereocenters. The number of halogens is 1. The Bertz CT molecular complexity index is 374. The molecule has 96 valence electrons. The van der Waals surface area contributed by atoms with Gasteiger partial charge < -0.3 is 15.7 Å². The van der Waals surface area contributed by atoms with Crippen molar-refractivity contribution in [2.24, 2.45) is 5.73 Å². The number of hydrogen-bond donors (Lipinski definition) is 2. The van der Waals surface area contributed by atoms with Gasteiger partial charge in [-0.15, -0.1) is 0 Å². The number of anilines is 1. The van der Waals surface area contributed by atoms with Gasteiger partial charge in [0.15, 0.2) is 0 Å². The second kappa shape index (κ2) is 5.71. The van der Waals surface area contributed by atoms with E-state index in [9.17, 15) is 5.11 Å². The summed E-state index contributed by atoms with van der Waals surface area (Å²) in [5.74, 6) is 0. The first kappa shape index (κ1) is 14.3. The van der Waals surface area contributed by atoms with Crippen LogP contribution >= 0.6 is 11.6 Å². The molecule has 0 heterocycles. The van der Waals surface area contributed by atoms with Crippen LogP contribution in [0.3, 0.4) is 0 Å². The van der Waals surface area contributed by atoms with Gasteiger partial charge in [0.25, 0.3) is 0 Å². The Labute approximate surface area is 108 Å². The predicted octanol–water partition coefficient (Wildman–Crippen LogP) is 2.40. The van der Waals surface area contributed by atoms with Gasteiger partial charge in [0.2, 0.25) is 0 Å². The highest BCUT2D eigenvalue weighted by Gasteiger charge is 2.19. The lowest BCUT2D eigenvalue weighted by Gasteiger charge is -2.30. The fraction of sp³-hybridized carbons (Fsp3) is 0.538. The van der Waals surface area contributed by atoms with Crippen LogP contribution in [0.4, 0.5) is 5.69 Å². The molecule has 3 nitrogen and oxygen atoms in total. The number of rotatable bonds is 5. The Morgan fingerprint density at radius 1 is 1.41 bits per heavy atom. The summed E-state index contributed by atoms with van der Waals surface area (Å²) < 4.78 is 0. The standard InChI is InChI=1S/C13H21ClN2O/c1-4-16(9-13(2,3)17)12-6-5-10(8-15)7-11(12)14/h5-7,17H,4,8-9,15H2,1-3H3. The fourth-order valence-electron chi connectivity index (χ4n) is 1.77. The molecule has 1 aromatic rings. The lowest BCUT2D eigenvalue weighted by Crippen LogP contribution is -2.38. The van der Waals surface area contributed by atoms with Crippen molar-refractivity contribution in [2.45, 2.75) is 32.9 Å². The summed E-state index contributed by atoms with van der Waals surface area (Å²) in [6.07, 6.45) is 0. The first-order valence-corrected chi connectivity index (χ1v) is 6.21. The van der Waals surface area contributed by atoms with E-state index in [2.05, 4.69) is 4.90 Å². The predicted molar refractivity (Wildman–Crippen MR) is 73.5 cm³/mol. The Morgan fingerprint density at radius 3 is 2.47 bits per heavy atom. The molecule has 0 saturated heterocycles. The third-order valence-corrected chi connectivity index (χ3v) is 2.85. The van der Waals surface area contributed by atoms with Gasteiger partial charge in [-0.3, -0.25) is 0 Å². The molecule has 0 atom stereocenters. The number of likely N-dealkylation sites (N-methyl/N-ethyl adjacent to an activating group) is 1. The number of nitrogens with two attached hydrogens (primary N) is 1. The molecule has 0 aliphatic rings. The van der Waals surface area contributed by atoms with Crippen molar-refractivity contribution in [1.82, 2.24) is 0 Å². The summed E-state index contributed by atoms with van der Waals surface area (Å²) in [5, 5.41) is 10.5. The number of benzene rings is 1. The van der Waals surface area contributed by atoms with Gasteiger partial charge in [0.05, 0.1) is 16.3 Å². The highest BCUT2D eigenvalue weighted by atomic mass is 35.5. The summed E-state index contributed by atoms with van der Waals surface area (Å²) in [7, 11) is 0. The average Bonchev–Trinajstić information content (AvgIpc) is 2.24. The molecule has 0 fully saturated rings. The van der Waals surface area contributed by atoms with Gasteiger partial charge in [-0.25, -0.2) is 0 Å². The van der Waals surface area contributed by atoms with Crippen LogP contribution in [0.2, 0.25) is 5.02 Å². The van der Waals surface area contributed by atoms with Gasteiger partial charge in [-0.1, -0.05) is 17.7 Å². The summed E-state index contributed by atoms with van der Waals surface area (Å²) >= 11 is 6.23. The molecule has 0 bridgehead atoms. The highest BCUT2D eigenvalue weighted by Crippen LogP contribution is 2.27. The molecule has 17 heavy (non-hydrogen) atoms. The minimum atomic E-state index is -0.744. The number of hydrogen-bond acceptors (Lipinski definition) is 3. The molecule has 0 saturated carbocycles. The lowest BCUT2D eigenvalue weighted by molar-refractivity contribution is 0.0876. The zero-order valence-electron chi connectivity index (χ0n) is 10.7. The average molecular weight is 257 g/mol. The normalized spacial score (nSPS) is 11.6. The molecule has 0 aromatic heterocycles. The minimum absolute atomic E-state index is 0.484. The van der Waals surface area contributed by atoms with Gasteiger partial charge >= 0.3 is 0 Å². The smallest absolute Gasteiger partial charge is 0.0765 e. The number of aliphatic hydroxyl groups is 1. The second-order valence-corrected chi connectivity index (χ2v) is 5.22. The van der Waals surface area contributed by atoms with E-state index in [0.717, 1.165) is 17.8 Å². The van der Waals surface area contributed by atoms with E-state index in [4.69, 9.17) is 17.3 Å². The fourth-order valence-corrected chi connectivity index (χ4v) is 2.09. The maximum Gasteiger partial charge on any atom is 0.0765 e. The van der Waals surface area contributed by atoms with E-state index in [-0.39, 0.29) is 0 Å². The summed E-state index contributed by atoms with van der Waals surface area (Å²) in [6.45, 7) is 7.45. The number of nitrogens with zero attached hydrogens (tertiary/aromatic N) is 1. The van der Waals surface area contributed by atoms with Crippen molar-refractivity contribution in [1.29, 1.82) is 0 Å². The van der Waals surface area contributed by atoms with Crippen molar-refractivity contribution >= 4 is 17.3 Å². The van der Waals surface area contributed by atoms with E-state index < -0.39 is 5.60 Å². The van der Waals surface area contributed by atoms with E-state index in [1.54, 1.807) is 13.8 Å². The Hall–Kier alpha value is -0.770. The quantitative estimate of drug-likeness (QED) is 0.851. The SMILES string of the molecule is CCN(CC(C)(C)O)c1ccc(CN)cc1Cl. The molecule has 0 aliphatic carbocycles. The third kappa shape index (κ3) is 4.19. The van der Waals surface area contributed by atoms with Crippen LogP contribution in [0.1, 0.15) is 26.3 Å². The Morgan fingerprint density at radius 2 is 2.06 bits per heavy atom. The first-order chi connectivity index (χ1) is 7.87. The molecule has 0 spiro atoms. The van der Waals surface area contributed by atoms with Crippen molar-refractivity contribution < 1.29 is 5.11 Å². The van der Waals surface area contributed by atoms with Crippen LogP contribution in [0, 0.1) is 0 Å². The van der Waals surface area contributed by atoms with Crippen molar-refractivity contribution in [2.75, 3.05) is 18.0 Å². The zero-order chi connectivity index (χ0) is 13.1. The molecule has 4 heteroatoms.